The van der Waals surface area contributed by atoms with Crippen molar-refractivity contribution < 1.29 is 33.5 Å². The van der Waals surface area contributed by atoms with Gasteiger partial charge in [-0.15, -0.1) is 0 Å². The van der Waals surface area contributed by atoms with E-state index in [1.54, 1.807) is 85.1 Å². The van der Waals surface area contributed by atoms with Gasteiger partial charge in [-0.25, -0.2) is 14.6 Å². The fourth-order valence-electron chi connectivity index (χ4n) is 6.47. The van der Waals surface area contributed by atoms with E-state index in [1.165, 1.54) is 7.11 Å². The third-order valence-electron chi connectivity index (χ3n) is 9.19. The molecule has 7 rings (SSSR count). The summed E-state index contributed by atoms with van der Waals surface area (Å²) in [6, 6.07) is 19.4. The van der Waals surface area contributed by atoms with Gasteiger partial charge in [-0.3, -0.25) is 9.80 Å². The molecule has 1 aromatic heterocycles. The topological polar surface area (TPSA) is 118 Å². The summed E-state index contributed by atoms with van der Waals surface area (Å²) in [5, 5.41) is 0.813. The number of carbonyl (C=O) groups excluding carboxylic acids is 2. The van der Waals surface area contributed by atoms with Gasteiger partial charge in [0.05, 0.1) is 26.3 Å². The van der Waals surface area contributed by atoms with Crippen LogP contribution in [0.2, 0.25) is 10.0 Å². The van der Waals surface area contributed by atoms with Crippen LogP contribution in [0.3, 0.4) is 0 Å². The van der Waals surface area contributed by atoms with Crippen molar-refractivity contribution in [2.24, 2.45) is 5.92 Å². The maximum atomic E-state index is 13.8. The number of rotatable bonds is 11. The number of benzene rings is 3. The number of anilines is 2. The van der Waals surface area contributed by atoms with Crippen molar-refractivity contribution in [3.63, 3.8) is 0 Å². The van der Waals surface area contributed by atoms with Crippen LogP contribution in [-0.2, 0) is 22.4 Å². The third-order valence-corrected chi connectivity index (χ3v) is 9.87. The lowest BCUT2D eigenvalue weighted by Gasteiger charge is -2.44. The Morgan fingerprint density at radius 2 is 1.67 bits per heavy atom. The normalized spacial score (nSPS) is 18.7. The molecule has 2 atom stereocenters. The molecule has 256 valence electrons. The van der Waals surface area contributed by atoms with Gasteiger partial charge < -0.3 is 24.7 Å². The van der Waals surface area contributed by atoms with Crippen LogP contribution < -0.4 is 25.1 Å². The number of halogens is 2. The van der Waals surface area contributed by atoms with Crippen molar-refractivity contribution in [3.05, 3.63) is 111 Å². The van der Waals surface area contributed by atoms with Crippen LogP contribution in [0.15, 0.2) is 79.1 Å². The number of nitrogens with zero attached hydrogens (tertiary/aromatic N) is 2. The Bertz CT molecular complexity index is 1780. The van der Waals surface area contributed by atoms with E-state index in [0.29, 0.717) is 61.1 Å². The number of ether oxygens (including phenoxy) is 4. The van der Waals surface area contributed by atoms with Crippen molar-refractivity contribution in [2.45, 2.75) is 38.0 Å². The Morgan fingerprint density at radius 3 is 2.33 bits per heavy atom. The molecule has 3 aromatic carbocycles. The summed E-state index contributed by atoms with van der Waals surface area (Å²) in [7, 11) is 3.09. The first-order chi connectivity index (χ1) is 23.7. The first-order valence-corrected chi connectivity index (χ1v) is 16.9. The SMILES string of the molecule is COc1ccc([C@H](Cc2c(Cl)c[nH+]cc2Cl)OC(=O)c2cccc(CN(C(=O)O[C@H]3CN4CCC3CC4)c3ccc(N)cc3)c2)cc1OC. The average molecular weight is 707 g/mol. The molecule has 49 heavy (non-hydrogen) atoms. The number of nitrogens with two attached hydrogens (primary N) is 1. The molecule has 0 aliphatic carbocycles. The van der Waals surface area contributed by atoms with Crippen LogP contribution in [0.4, 0.5) is 16.2 Å². The van der Waals surface area contributed by atoms with Crippen LogP contribution >= 0.6 is 23.2 Å². The number of hydrogen-bond donors (Lipinski definition) is 1. The van der Waals surface area contributed by atoms with Gasteiger partial charge in [-0.2, -0.15) is 0 Å². The standard InChI is InChI=1S/C37H38Cl2N4O6/c1-46-32-11-6-25(17-34(32)47-2)33(18-29-30(38)19-41-20-31(29)39)48-36(44)26-5-3-4-23(16-26)21-43(28-9-7-27(40)8-10-28)37(45)49-35-22-42-14-12-24(35)13-15-42/h3-11,16-17,19-20,24,33,35H,12-15,18,21-22,40H2,1-2H3/p+1/t33-,35-/m0/s1. The van der Waals surface area contributed by atoms with E-state index >= 15 is 0 Å². The second-order valence-corrected chi connectivity index (χ2v) is 13.1. The molecule has 10 nitrogen and oxygen atoms in total. The first kappa shape index (κ1) is 34.4. The van der Waals surface area contributed by atoms with E-state index in [9.17, 15) is 9.59 Å². The Balaban J connectivity index is 1.25. The van der Waals surface area contributed by atoms with Crippen LogP contribution in [-0.4, -0.2) is 56.9 Å². The Labute approximate surface area is 295 Å². The molecule has 3 saturated heterocycles. The number of hydrogen-bond acceptors (Lipinski definition) is 8. The Morgan fingerprint density at radius 1 is 0.959 bits per heavy atom. The van der Waals surface area contributed by atoms with Gasteiger partial charge in [0.2, 0.25) is 0 Å². The highest BCUT2D eigenvalue weighted by molar-refractivity contribution is 6.35. The maximum absolute atomic E-state index is 13.8. The highest BCUT2D eigenvalue weighted by Crippen LogP contribution is 2.36. The van der Waals surface area contributed by atoms with Gasteiger partial charge in [0.15, 0.2) is 23.9 Å². The average Bonchev–Trinajstić information content (AvgIpc) is 3.12. The summed E-state index contributed by atoms with van der Waals surface area (Å²) < 4.78 is 23.2. The molecular weight excluding hydrogens is 667 g/mol. The summed E-state index contributed by atoms with van der Waals surface area (Å²) >= 11 is 13.0. The summed E-state index contributed by atoms with van der Waals surface area (Å²) in [5.74, 6) is 0.810. The number of H-pyrrole nitrogens is 1. The third kappa shape index (κ3) is 8.04. The van der Waals surface area contributed by atoms with Crippen LogP contribution in [0.5, 0.6) is 11.5 Å². The number of piperidine rings is 3. The second kappa shape index (κ2) is 15.4. The summed E-state index contributed by atoms with van der Waals surface area (Å²) in [6.07, 6.45) is 4.09. The Kier molecular flexibility index (Phi) is 10.8. The molecule has 4 heterocycles. The summed E-state index contributed by atoms with van der Waals surface area (Å²) in [4.78, 5) is 34.4. The predicted octanol–water partition coefficient (Wildman–Crippen LogP) is 6.79. The summed E-state index contributed by atoms with van der Waals surface area (Å²) in [6.45, 7) is 2.99. The van der Waals surface area contributed by atoms with Gasteiger partial charge in [-0.05, 0) is 91.5 Å². The number of pyridine rings is 1. The zero-order chi connectivity index (χ0) is 34.5. The van der Waals surface area contributed by atoms with E-state index < -0.39 is 18.2 Å². The molecule has 0 unspecified atom stereocenters. The van der Waals surface area contributed by atoms with Gasteiger partial charge in [0.25, 0.3) is 0 Å². The number of amides is 1. The van der Waals surface area contributed by atoms with Crippen molar-refractivity contribution >= 4 is 46.6 Å². The molecule has 0 radical (unpaired) electrons. The largest absolute Gasteiger partial charge is 0.493 e. The fraction of sp³-hybridized carbons (Fsp3) is 0.324. The molecule has 0 spiro atoms. The molecule has 0 saturated carbocycles. The molecule has 4 aromatic rings. The van der Waals surface area contributed by atoms with Crippen molar-refractivity contribution in [3.8, 4) is 11.5 Å². The molecule has 2 bridgehead atoms. The molecular formula is C37H39Cl2N4O6+. The Hall–Kier alpha value is -4.51. The zero-order valence-electron chi connectivity index (χ0n) is 27.4. The zero-order valence-corrected chi connectivity index (χ0v) is 28.9. The maximum Gasteiger partial charge on any atom is 0.414 e. The number of methoxy groups -OCH3 is 2. The molecule has 3 N–H and O–H groups in total. The van der Waals surface area contributed by atoms with Gasteiger partial charge in [0, 0.05) is 29.9 Å². The minimum absolute atomic E-state index is 0.161. The van der Waals surface area contributed by atoms with Crippen molar-refractivity contribution in [2.75, 3.05) is 44.5 Å². The number of aromatic nitrogens is 1. The summed E-state index contributed by atoms with van der Waals surface area (Å²) in [5.41, 5.74) is 9.47. The van der Waals surface area contributed by atoms with E-state index in [4.69, 9.17) is 47.9 Å². The number of nitrogen functional groups attached to an aromatic ring is 1. The van der Waals surface area contributed by atoms with Crippen LogP contribution in [0, 0.1) is 5.92 Å². The number of aromatic amines is 1. The molecule has 3 aliphatic rings. The first-order valence-electron chi connectivity index (χ1n) is 16.1. The quantitative estimate of drug-likeness (QED) is 0.134. The van der Waals surface area contributed by atoms with Crippen LogP contribution in [0.1, 0.15) is 46.0 Å². The van der Waals surface area contributed by atoms with Crippen molar-refractivity contribution in [1.82, 2.24) is 4.90 Å². The minimum atomic E-state index is -0.781. The highest BCUT2D eigenvalue weighted by Gasteiger charge is 2.37. The van der Waals surface area contributed by atoms with Gasteiger partial charge in [0.1, 0.15) is 22.3 Å². The fourth-order valence-corrected chi connectivity index (χ4v) is 7.00. The van der Waals surface area contributed by atoms with E-state index in [2.05, 4.69) is 9.88 Å². The minimum Gasteiger partial charge on any atom is -0.493 e. The molecule has 1 amide bonds. The highest BCUT2D eigenvalue weighted by atomic mass is 35.5. The van der Waals surface area contributed by atoms with Crippen LogP contribution in [0.25, 0.3) is 0 Å². The van der Waals surface area contributed by atoms with E-state index in [-0.39, 0.29) is 19.1 Å². The molecule has 3 aliphatic heterocycles. The second-order valence-electron chi connectivity index (χ2n) is 12.3. The molecule has 12 heteroatoms. The van der Waals surface area contributed by atoms with Crippen molar-refractivity contribution in [1.29, 1.82) is 0 Å². The smallest absolute Gasteiger partial charge is 0.414 e. The lowest BCUT2D eigenvalue weighted by Crippen LogP contribution is -2.53. The number of fused-ring (bicyclic) bond motifs is 3. The van der Waals surface area contributed by atoms with E-state index in [0.717, 1.165) is 32.5 Å². The lowest BCUT2D eigenvalue weighted by molar-refractivity contribution is -0.377. The molecule has 3 fully saturated rings. The number of esters is 1. The lowest BCUT2D eigenvalue weighted by atomic mass is 9.86. The monoisotopic (exact) mass is 705 g/mol. The number of nitrogens with one attached hydrogen (secondary N) is 1. The van der Waals surface area contributed by atoms with Gasteiger partial charge in [-0.1, -0.05) is 41.4 Å². The van der Waals surface area contributed by atoms with E-state index in [1.807, 2.05) is 6.07 Å². The predicted molar refractivity (Wildman–Crippen MR) is 187 cm³/mol. The van der Waals surface area contributed by atoms with Gasteiger partial charge >= 0.3 is 12.1 Å². The number of carbonyl (C=O) groups is 2.